The maximum Gasteiger partial charge on any atom is 0.330 e. The van der Waals surface area contributed by atoms with E-state index in [1.165, 1.54) is 4.57 Å². The van der Waals surface area contributed by atoms with Crippen LogP contribution in [0.3, 0.4) is 0 Å². The molecule has 0 radical (unpaired) electrons. The smallest absolute Gasteiger partial charge is 0.330 e. The Morgan fingerprint density at radius 3 is 2.68 bits per heavy atom. The molecule has 41 heavy (non-hydrogen) atoms. The van der Waals surface area contributed by atoms with Crippen molar-refractivity contribution in [3.05, 3.63) is 21.7 Å². The molecule has 0 amide bonds. The van der Waals surface area contributed by atoms with Crippen LogP contribution in [0.4, 0.5) is 4.39 Å². The number of hydrogen-bond acceptors (Lipinski definition) is 9. The molecule has 4 aliphatic rings. The van der Waals surface area contributed by atoms with Gasteiger partial charge in [0.15, 0.2) is 11.2 Å². The highest BCUT2D eigenvalue weighted by Crippen LogP contribution is 2.47. The van der Waals surface area contributed by atoms with Crippen LogP contribution in [-0.2, 0) is 28.4 Å². The van der Waals surface area contributed by atoms with Crippen molar-refractivity contribution in [2.75, 3.05) is 26.8 Å². The number of imidazole rings is 1. The topological polar surface area (TPSA) is 118 Å². The number of carbonyl (C=O) groups is 1. The number of ketones is 1. The summed E-state index contributed by atoms with van der Waals surface area (Å²) in [5, 5.41) is 4.48. The van der Waals surface area contributed by atoms with Crippen molar-refractivity contribution in [1.82, 2.24) is 29.2 Å². The Hall–Kier alpha value is -3.12. The van der Waals surface area contributed by atoms with E-state index < -0.39 is 17.7 Å². The number of ether oxygens (including phenoxy) is 2. The minimum absolute atomic E-state index is 0.143. The van der Waals surface area contributed by atoms with Gasteiger partial charge in [0.25, 0.3) is 0 Å². The number of carbonyl (C=O) groups excluding carboxylic acids is 1. The standard InChI is InChI=1S/C29H37FN6O5/c1-16(20-13-17(30)14-34(20)2)40-27-22-26(36(28(38)35(22)3)18-9-12-39-15-18)31-25(32-27)23-19-7-6-11-29(24(19)33-41-23)10-5-4-8-21(29)37/h16-18,20H,4-15H2,1-3H3/t16-,17-,18+,20-,29+/m0/s1. The van der Waals surface area contributed by atoms with Crippen molar-refractivity contribution in [2.24, 2.45) is 7.05 Å². The Kier molecular flexibility index (Phi) is 6.53. The zero-order valence-corrected chi connectivity index (χ0v) is 23.9. The van der Waals surface area contributed by atoms with E-state index in [2.05, 4.69) is 5.16 Å². The molecule has 0 bridgehead atoms. The van der Waals surface area contributed by atoms with Crippen LogP contribution in [0.5, 0.6) is 5.88 Å². The fourth-order valence-corrected chi connectivity index (χ4v) is 7.62. The van der Waals surface area contributed by atoms with E-state index in [1.807, 2.05) is 18.9 Å². The van der Waals surface area contributed by atoms with E-state index in [4.69, 9.17) is 24.0 Å². The Labute approximate surface area is 237 Å². The molecular formula is C29H37FN6O5. The van der Waals surface area contributed by atoms with Crippen LogP contribution in [0.15, 0.2) is 9.32 Å². The van der Waals surface area contributed by atoms with Crippen LogP contribution < -0.4 is 10.4 Å². The Morgan fingerprint density at radius 1 is 1.12 bits per heavy atom. The summed E-state index contributed by atoms with van der Waals surface area (Å²) >= 11 is 0. The van der Waals surface area contributed by atoms with Gasteiger partial charge in [0, 0.05) is 38.2 Å². The molecule has 3 aromatic rings. The summed E-state index contributed by atoms with van der Waals surface area (Å²) in [6.07, 6.45) is 5.32. The minimum atomic E-state index is -0.916. The molecule has 7 rings (SSSR count). The number of rotatable bonds is 5. The van der Waals surface area contributed by atoms with Crippen LogP contribution in [-0.4, -0.2) is 80.1 Å². The largest absolute Gasteiger partial charge is 0.471 e. The first kappa shape index (κ1) is 26.8. The predicted molar refractivity (Wildman–Crippen MR) is 147 cm³/mol. The van der Waals surface area contributed by atoms with Gasteiger partial charge in [-0.2, -0.15) is 4.98 Å². The summed E-state index contributed by atoms with van der Waals surface area (Å²) in [4.78, 5) is 38.5. The predicted octanol–water partition coefficient (Wildman–Crippen LogP) is 3.27. The number of alkyl halides is 1. The lowest BCUT2D eigenvalue weighted by Gasteiger charge is -2.37. The van der Waals surface area contributed by atoms with Gasteiger partial charge in [-0.15, -0.1) is 0 Å². The van der Waals surface area contributed by atoms with Gasteiger partial charge in [-0.3, -0.25) is 18.8 Å². The van der Waals surface area contributed by atoms with Crippen LogP contribution in [0, 0.1) is 0 Å². The van der Waals surface area contributed by atoms with Gasteiger partial charge in [0.1, 0.15) is 23.8 Å². The molecule has 0 N–H and O–H groups in total. The average molecular weight is 569 g/mol. The van der Waals surface area contributed by atoms with Crippen LogP contribution in [0.1, 0.15) is 75.6 Å². The van der Waals surface area contributed by atoms with E-state index in [0.29, 0.717) is 62.4 Å². The van der Waals surface area contributed by atoms with Gasteiger partial charge in [0.2, 0.25) is 17.5 Å². The molecule has 1 saturated carbocycles. The van der Waals surface area contributed by atoms with Crippen molar-refractivity contribution >= 4 is 16.9 Å². The third-order valence-corrected chi connectivity index (χ3v) is 9.82. The molecule has 0 aromatic carbocycles. The summed E-state index contributed by atoms with van der Waals surface area (Å²) in [7, 11) is 3.58. The van der Waals surface area contributed by atoms with Crippen LogP contribution in [0.2, 0.25) is 0 Å². The second-order valence-electron chi connectivity index (χ2n) is 12.3. The quantitative estimate of drug-likeness (QED) is 0.457. The molecule has 2 saturated heterocycles. The Balaban J connectivity index is 1.38. The van der Waals surface area contributed by atoms with Gasteiger partial charge in [-0.25, -0.2) is 14.2 Å². The monoisotopic (exact) mass is 568 g/mol. The summed E-state index contributed by atoms with van der Waals surface area (Å²) in [5.41, 5.74) is 1.67. The zero-order valence-electron chi connectivity index (χ0n) is 23.9. The fraction of sp³-hybridized carbons (Fsp3) is 0.690. The SMILES string of the molecule is C[C@H](Oc1nc(-c2onc3c2CCC[C@@]32CCCCC2=O)nc2c1n(C)c(=O)n2[C@@H]1CCOC1)[C@@H]1C[C@H](F)CN1C. The number of Topliss-reactive ketones (excluding diaryl/α,β-unsaturated/α-hetero) is 1. The number of halogens is 1. The van der Waals surface area contributed by atoms with Gasteiger partial charge >= 0.3 is 5.69 Å². The van der Waals surface area contributed by atoms with Crippen molar-refractivity contribution in [3.63, 3.8) is 0 Å². The van der Waals surface area contributed by atoms with E-state index in [0.717, 1.165) is 43.4 Å². The van der Waals surface area contributed by atoms with Gasteiger partial charge < -0.3 is 14.0 Å². The average Bonchev–Trinajstić information content (AvgIpc) is 3.74. The lowest BCUT2D eigenvalue weighted by Crippen LogP contribution is -2.41. The molecule has 3 fully saturated rings. The minimum Gasteiger partial charge on any atom is -0.471 e. The van der Waals surface area contributed by atoms with Crippen molar-refractivity contribution < 1.29 is 23.2 Å². The molecule has 12 heteroatoms. The zero-order chi connectivity index (χ0) is 28.5. The summed E-state index contributed by atoms with van der Waals surface area (Å²) in [6, 6.07) is -0.310. The molecule has 0 unspecified atom stereocenters. The molecule has 5 heterocycles. The number of likely N-dealkylation sites (tertiary alicyclic amines) is 1. The van der Waals surface area contributed by atoms with Gasteiger partial charge in [0.05, 0.1) is 18.1 Å². The maximum absolute atomic E-state index is 14.2. The van der Waals surface area contributed by atoms with Crippen molar-refractivity contribution in [3.8, 4) is 17.5 Å². The fourth-order valence-electron chi connectivity index (χ4n) is 7.62. The van der Waals surface area contributed by atoms with Gasteiger partial charge in [-0.05, 0) is 58.9 Å². The Bertz CT molecular complexity index is 1560. The third-order valence-electron chi connectivity index (χ3n) is 9.82. The molecular weight excluding hydrogens is 531 g/mol. The highest BCUT2D eigenvalue weighted by molar-refractivity contribution is 5.91. The highest BCUT2D eigenvalue weighted by Gasteiger charge is 2.48. The van der Waals surface area contributed by atoms with Crippen LogP contribution >= 0.6 is 0 Å². The maximum atomic E-state index is 14.2. The molecule has 1 spiro atoms. The second-order valence-corrected chi connectivity index (χ2v) is 12.3. The number of nitrogens with zero attached hydrogens (tertiary/aromatic N) is 6. The number of aryl methyl sites for hydroxylation is 1. The molecule has 5 atom stereocenters. The first-order chi connectivity index (χ1) is 19.8. The number of fused-ring (bicyclic) bond motifs is 3. The van der Waals surface area contributed by atoms with E-state index >= 15 is 0 Å². The van der Waals surface area contributed by atoms with E-state index in [-0.39, 0.29) is 35.3 Å². The van der Waals surface area contributed by atoms with Gasteiger partial charge in [-0.1, -0.05) is 11.6 Å². The first-order valence-electron chi connectivity index (χ1n) is 14.9. The summed E-state index contributed by atoms with van der Waals surface area (Å²) in [5.74, 6) is 1.18. The lowest BCUT2D eigenvalue weighted by molar-refractivity contribution is -0.127. The third kappa shape index (κ3) is 4.16. The normalized spacial score (nSPS) is 29.5. The summed E-state index contributed by atoms with van der Waals surface area (Å²) in [6.45, 7) is 3.24. The molecule has 2 aliphatic carbocycles. The molecule has 2 aliphatic heterocycles. The molecule has 11 nitrogen and oxygen atoms in total. The molecule has 3 aromatic heterocycles. The number of hydrogen-bond donors (Lipinski definition) is 0. The number of aromatic nitrogens is 5. The highest BCUT2D eigenvalue weighted by atomic mass is 19.1. The number of likely N-dealkylation sites (N-methyl/N-ethyl adjacent to an activating group) is 1. The summed E-state index contributed by atoms with van der Waals surface area (Å²) < 4.78 is 35.5. The first-order valence-corrected chi connectivity index (χ1v) is 14.9. The van der Waals surface area contributed by atoms with Crippen molar-refractivity contribution in [2.45, 2.75) is 94.5 Å². The van der Waals surface area contributed by atoms with E-state index in [9.17, 15) is 14.0 Å². The Morgan fingerprint density at radius 2 is 1.95 bits per heavy atom. The van der Waals surface area contributed by atoms with Crippen LogP contribution in [0.25, 0.3) is 22.7 Å². The van der Waals surface area contributed by atoms with E-state index in [1.54, 1.807) is 11.6 Å². The lowest BCUT2D eigenvalue weighted by atomic mass is 9.64. The molecule has 220 valence electrons. The second kappa shape index (κ2) is 10.0. The van der Waals surface area contributed by atoms with Crippen molar-refractivity contribution in [1.29, 1.82) is 0 Å².